The fourth-order valence-corrected chi connectivity index (χ4v) is 3.10. The van der Waals surface area contributed by atoms with Crippen molar-refractivity contribution in [3.8, 4) is 23.0 Å². The van der Waals surface area contributed by atoms with Crippen LogP contribution in [0.3, 0.4) is 0 Å². The van der Waals surface area contributed by atoms with Gasteiger partial charge in [0.15, 0.2) is 29.6 Å². The van der Waals surface area contributed by atoms with Crippen molar-refractivity contribution in [1.29, 1.82) is 0 Å². The molecule has 0 aliphatic carbocycles. The van der Waals surface area contributed by atoms with Gasteiger partial charge in [-0.25, -0.2) is 9.59 Å². The maximum absolute atomic E-state index is 12.3. The smallest absolute Gasteiger partial charge is 0.338 e. The van der Waals surface area contributed by atoms with Crippen molar-refractivity contribution < 1.29 is 38.1 Å². The summed E-state index contributed by atoms with van der Waals surface area (Å²) in [4.78, 5) is 36.4. The average Bonchev–Trinajstić information content (AvgIpc) is 2.78. The molecule has 0 atom stereocenters. The number of methoxy groups -OCH3 is 1. The number of imide groups is 1. The van der Waals surface area contributed by atoms with E-state index in [-0.39, 0.29) is 22.4 Å². The minimum absolute atomic E-state index is 0.0569. The molecule has 1 aliphatic rings. The Hall–Kier alpha value is -3.66. The summed E-state index contributed by atoms with van der Waals surface area (Å²) in [5.41, 5.74) is 0.452. The van der Waals surface area contributed by atoms with Crippen molar-refractivity contribution in [2.24, 2.45) is 0 Å². The first-order valence-electron chi connectivity index (χ1n) is 9.98. The van der Waals surface area contributed by atoms with Crippen LogP contribution in [0, 0.1) is 0 Å². The lowest BCUT2D eigenvalue weighted by Gasteiger charge is -2.19. The van der Waals surface area contributed by atoms with Crippen LogP contribution in [0.5, 0.6) is 23.0 Å². The molecule has 176 valence electrons. The lowest BCUT2D eigenvalue weighted by molar-refractivity contribution is -0.123. The van der Waals surface area contributed by atoms with Crippen LogP contribution in [0.25, 0.3) is 0 Å². The second-order valence-corrected chi connectivity index (χ2v) is 7.50. The molecule has 3 rings (SSSR count). The number of rotatable bonds is 7. The number of ether oxygens (including phenoxy) is 5. The fourth-order valence-electron chi connectivity index (χ4n) is 2.85. The quantitative estimate of drug-likeness (QED) is 0.580. The number of anilines is 1. The van der Waals surface area contributed by atoms with Crippen LogP contribution in [0.15, 0.2) is 30.3 Å². The first-order valence-corrected chi connectivity index (χ1v) is 10.4. The summed E-state index contributed by atoms with van der Waals surface area (Å²) >= 11 is 6.19. The van der Waals surface area contributed by atoms with Gasteiger partial charge in [0.25, 0.3) is 5.91 Å². The number of benzene rings is 2. The summed E-state index contributed by atoms with van der Waals surface area (Å²) in [5, 5.41) is 4.71. The SMILES string of the molecule is COc1cc(C(=O)OCC(=O)NC(=O)Nc2ccc3c(c2)OCCO3)cc(Cl)c1OC(C)C. The summed E-state index contributed by atoms with van der Waals surface area (Å²) in [6.07, 6.45) is -0.161. The molecular formula is C22H23ClN2O8. The molecule has 0 unspecified atom stereocenters. The molecule has 2 aromatic carbocycles. The van der Waals surface area contributed by atoms with E-state index in [2.05, 4.69) is 10.6 Å². The highest BCUT2D eigenvalue weighted by molar-refractivity contribution is 6.32. The molecule has 0 fully saturated rings. The lowest BCUT2D eigenvalue weighted by atomic mass is 10.2. The zero-order valence-corrected chi connectivity index (χ0v) is 19.0. The third kappa shape index (κ3) is 6.42. The van der Waals surface area contributed by atoms with Crippen LogP contribution in [0.2, 0.25) is 5.02 Å². The Morgan fingerprint density at radius 1 is 1.09 bits per heavy atom. The number of halogens is 1. The average molecular weight is 479 g/mol. The number of carbonyl (C=O) groups excluding carboxylic acids is 3. The van der Waals surface area contributed by atoms with Crippen LogP contribution >= 0.6 is 11.6 Å². The maximum Gasteiger partial charge on any atom is 0.338 e. The Morgan fingerprint density at radius 2 is 1.82 bits per heavy atom. The molecule has 0 saturated heterocycles. The van der Waals surface area contributed by atoms with Crippen LogP contribution in [-0.2, 0) is 9.53 Å². The number of fused-ring (bicyclic) bond motifs is 1. The molecule has 2 aromatic rings. The largest absolute Gasteiger partial charge is 0.493 e. The highest BCUT2D eigenvalue weighted by atomic mass is 35.5. The molecule has 0 bridgehead atoms. The Labute approximate surface area is 195 Å². The predicted octanol–water partition coefficient (Wildman–Crippen LogP) is 3.41. The van der Waals surface area contributed by atoms with Crippen LogP contribution < -0.4 is 29.6 Å². The molecule has 1 heterocycles. The number of urea groups is 1. The molecule has 1 aliphatic heterocycles. The third-order valence-electron chi connectivity index (χ3n) is 4.21. The number of hydrogen-bond donors (Lipinski definition) is 2. The zero-order chi connectivity index (χ0) is 24.0. The summed E-state index contributed by atoms with van der Waals surface area (Å²) in [6, 6.07) is 6.75. The Morgan fingerprint density at radius 3 is 2.52 bits per heavy atom. The van der Waals surface area contributed by atoms with E-state index in [0.29, 0.717) is 36.1 Å². The molecule has 0 radical (unpaired) electrons. The second kappa shape index (κ2) is 10.8. The number of amides is 3. The van der Waals surface area contributed by atoms with E-state index in [1.165, 1.54) is 19.2 Å². The van der Waals surface area contributed by atoms with Gasteiger partial charge in [0.05, 0.1) is 23.8 Å². The molecule has 10 nitrogen and oxygen atoms in total. The summed E-state index contributed by atoms with van der Waals surface area (Å²) < 4.78 is 26.6. The van der Waals surface area contributed by atoms with E-state index in [0.717, 1.165) is 0 Å². The van der Waals surface area contributed by atoms with Crippen molar-refractivity contribution >= 4 is 35.2 Å². The van der Waals surface area contributed by atoms with Crippen molar-refractivity contribution in [3.05, 3.63) is 40.9 Å². The van der Waals surface area contributed by atoms with Crippen molar-refractivity contribution in [2.45, 2.75) is 20.0 Å². The number of nitrogens with one attached hydrogen (secondary N) is 2. The van der Waals surface area contributed by atoms with E-state index in [1.807, 2.05) is 13.8 Å². The monoisotopic (exact) mass is 478 g/mol. The van der Waals surface area contributed by atoms with E-state index in [9.17, 15) is 14.4 Å². The minimum Gasteiger partial charge on any atom is -0.493 e. The van der Waals surface area contributed by atoms with Crippen molar-refractivity contribution in [1.82, 2.24) is 5.32 Å². The van der Waals surface area contributed by atoms with Gasteiger partial charge in [0.2, 0.25) is 0 Å². The molecule has 11 heteroatoms. The van der Waals surface area contributed by atoms with Gasteiger partial charge in [0, 0.05) is 11.8 Å². The zero-order valence-electron chi connectivity index (χ0n) is 18.2. The van der Waals surface area contributed by atoms with E-state index >= 15 is 0 Å². The molecule has 0 aromatic heterocycles. The van der Waals surface area contributed by atoms with Gasteiger partial charge in [-0.1, -0.05) is 11.6 Å². The highest BCUT2D eigenvalue weighted by Gasteiger charge is 2.19. The molecule has 2 N–H and O–H groups in total. The maximum atomic E-state index is 12.3. The van der Waals surface area contributed by atoms with Crippen LogP contribution in [0.1, 0.15) is 24.2 Å². The van der Waals surface area contributed by atoms with Gasteiger partial charge in [-0.05, 0) is 38.1 Å². The topological polar surface area (TPSA) is 121 Å². The molecule has 0 spiro atoms. The van der Waals surface area contributed by atoms with Gasteiger partial charge in [0.1, 0.15) is 13.2 Å². The van der Waals surface area contributed by atoms with Gasteiger partial charge < -0.3 is 29.0 Å². The van der Waals surface area contributed by atoms with Crippen molar-refractivity contribution in [2.75, 3.05) is 32.2 Å². The molecule has 3 amide bonds. The number of carbonyl (C=O) groups is 3. The van der Waals surface area contributed by atoms with Crippen LogP contribution in [0.4, 0.5) is 10.5 Å². The Balaban J connectivity index is 1.53. The highest BCUT2D eigenvalue weighted by Crippen LogP contribution is 2.37. The Kier molecular flexibility index (Phi) is 7.83. The number of esters is 1. The number of hydrogen-bond acceptors (Lipinski definition) is 8. The minimum atomic E-state index is -0.825. The predicted molar refractivity (Wildman–Crippen MR) is 119 cm³/mol. The molecular weight excluding hydrogens is 456 g/mol. The van der Waals surface area contributed by atoms with Gasteiger partial charge in [-0.15, -0.1) is 0 Å². The van der Waals surface area contributed by atoms with Crippen molar-refractivity contribution in [3.63, 3.8) is 0 Å². The van der Waals surface area contributed by atoms with Gasteiger partial charge in [-0.3, -0.25) is 10.1 Å². The fraction of sp³-hybridized carbons (Fsp3) is 0.318. The lowest BCUT2D eigenvalue weighted by Crippen LogP contribution is -2.37. The standard InChI is InChI=1S/C22H23ClN2O8/c1-12(2)33-20-15(23)8-13(9-18(20)29-3)21(27)32-11-19(26)25-22(28)24-14-4-5-16-17(10-14)31-7-6-30-16/h4-5,8-10,12H,6-7,11H2,1-3H3,(H2,24,25,26,28). The van der Waals surface area contributed by atoms with E-state index in [1.54, 1.807) is 18.2 Å². The first kappa shape index (κ1) is 24.0. The summed E-state index contributed by atoms with van der Waals surface area (Å²) in [5.74, 6) is -0.0653. The Bertz CT molecular complexity index is 1060. The van der Waals surface area contributed by atoms with E-state index in [4.69, 9.17) is 35.3 Å². The molecule has 33 heavy (non-hydrogen) atoms. The first-order chi connectivity index (χ1) is 15.8. The molecule has 0 saturated carbocycles. The van der Waals surface area contributed by atoms with Gasteiger partial charge >= 0.3 is 12.0 Å². The van der Waals surface area contributed by atoms with Gasteiger partial charge in [-0.2, -0.15) is 0 Å². The summed E-state index contributed by atoms with van der Waals surface area (Å²) in [6.45, 7) is 3.80. The van der Waals surface area contributed by atoms with E-state index < -0.39 is 24.5 Å². The normalized spacial score (nSPS) is 12.0. The summed E-state index contributed by atoms with van der Waals surface area (Å²) in [7, 11) is 1.40. The van der Waals surface area contributed by atoms with Crippen LogP contribution in [-0.4, -0.2) is 50.9 Å². The second-order valence-electron chi connectivity index (χ2n) is 7.09. The third-order valence-corrected chi connectivity index (χ3v) is 4.49.